The number of benzene rings is 1. The summed E-state index contributed by atoms with van der Waals surface area (Å²) < 4.78 is 13.2. The van der Waals surface area contributed by atoms with Crippen LogP contribution in [0.4, 0.5) is 10.1 Å². The molecule has 0 spiro atoms. The van der Waals surface area contributed by atoms with E-state index < -0.39 is 5.54 Å². The van der Waals surface area contributed by atoms with Crippen LogP contribution >= 0.6 is 0 Å². The van der Waals surface area contributed by atoms with Crippen LogP contribution in [0.2, 0.25) is 0 Å². The third kappa shape index (κ3) is 6.14. The van der Waals surface area contributed by atoms with Gasteiger partial charge in [0, 0.05) is 25.3 Å². The second-order valence-electron chi connectivity index (χ2n) is 6.10. The Morgan fingerprint density at radius 3 is 2.67 bits per heavy atom. The van der Waals surface area contributed by atoms with Gasteiger partial charge in [-0.25, -0.2) is 4.39 Å². The van der Waals surface area contributed by atoms with Gasteiger partial charge in [-0.05, 0) is 58.2 Å². The van der Waals surface area contributed by atoms with Crippen molar-refractivity contribution in [1.29, 1.82) is 5.26 Å². The minimum Gasteiger partial charge on any atom is -0.375 e. The maximum atomic E-state index is 13.2. The van der Waals surface area contributed by atoms with E-state index in [1.54, 1.807) is 12.1 Å². The van der Waals surface area contributed by atoms with Crippen molar-refractivity contribution in [3.63, 3.8) is 0 Å². The lowest BCUT2D eigenvalue weighted by Crippen LogP contribution is -2.44. The first-order chi connectivity index (χ1) is 9.86. The SMILES string of the molecule is CC(C)NC(C)(C#N)CCCCN(C)c1cccc(F)c1. The van der Waals surface area contributed by atoms with Crippen LogP contribution in [0.5, 0.6) is 0 Å². The van der Waals surface area contributed by atoms with Crippen molar-refractivity contribution in [1.82, 2.24) is 5.32 Å². The second-order valence-corrected chi connectivity index (χ2v) is 6.10. The number of halogens is 1. The lowest BCUT2D eigenvalue weighted by atomic mass is 9.95. The van der Waals surface area contributed by atoms with Gasteiger partial charge in [-0.15, -0.1) is 0 Å². The first-order valence-corrected chi connectivity index (χ1v) is 7.52. The Bertz CT molecular complexity index is 481. The molecule has 1 unspecified atom stereocenters. The van der Waals surface area contributed by atoms with E-state index in [4.69, 9.17) is 0 Å². The molecule has 1 atom stereocenters. The number of nitrogens with one attached hydrogen (secondary N) is 1. The van der Waals surface area contributed by atoms with Crippen LogP contribution in [0.25, 0.3) is 0 Å². The van der Waals surface area contributed by atoms with Crippen molar-refractivity contribution in [2.75, 3.05) is 18.5 Å². The van der Waals surface area contributed by atoms with Crippen LogP contribution in [-0.2, 0) is 0 Å². The van der Waals surface area contributed by atoms with Crippen molar-refractivity contribution in [2.45, 2.75) is 51.6 Å². The van der Waals surface area contributed by atoms with E-state index in [2.05, 4.69) is 11.4 Å². The molecule has 1 aromatic rings. The van der Waals surface area contributed by atoms with Crippen molar-refractivity contribution in [2.24, 2.45) is 0 Å². The van der Waals surface area contributed by atoms with Crippen molar-refractivity contribution in [3.8, 4) is 6.07 Å². The minimum absolute atomic E-state index is 0.211. The molecule has 0 amide bonds. The zero-order valence-corrected chi connectivity index (χ0v) is 13.5. The Hall–Kier alpha value is -1.60. The van der Waals surface area contributed by atoms with Gasteiger partial charge in [-0.3, -0.25) is 5.32 Å². The van der Waals surface area contributed by atoms with Crippen LogP contribution in [0.1, 0.15) is 40.0 Å². The third-order valence-corrected chi connectivity index (χ3v) is 3.52. The maximum absolute atomic E-state index is 13.2. The minimum atomic E-state index is -0.467. The predicted octanol–water partition coefficient (Wildman–Crippen LogP) is 3.71. The number of nitriles is 1. The van der Waals surface area contributed by atoms with Gasteiger partial charge in [-0.1, -0.05) is 6.07 Å². The van der Waals surface area contributed by atoms with Gasteiger partial charge in [0.15, 0.2) is 0 Å². The molecule has 1 aromatic carbocycles. The highest BCUT2D eigenvalue weighted by Crippen LogP contribution is 2.17. The Morgan fingerprint density at radius 1 is 1.38 bits per heavy atom. The molecule has 0 aliphatic carbocycles. The van der Waals surface area contributed by atoms with E-state index >= 15 is 0 Å². The molecule has 0 bridgehead atoms. The molecule has 0 aromatic heterocycles. The van der Waals surface area contributed by atoms with Gasteiger partial charge in [0.1, 0.15) is 11.4 Å². The summed E-state index contributed by atoms with van der Waals surface area (Å²) in [6, 6.07) is 9.28. The standard InChI is InChI=1S/C17H26FN3/c1-14(2)20-17(3,13-19)10-5-6-11-21(4)16-9-7-8-15(18)12-16/h7-9,12,14,20H,5-6,10-11H2,1-4H3. The van der Waals surface area contributed by atoms with E-state index in [0.29, 0.717) is 6.04 Å². The topological polar surface area (TPSA) is 39.1 Å². The molecule has 116 valence electrons. The summed E-state index contributed by atoms with van der Waals surface area (Å²) in [5.41, 5.74) is 0.421. The highest BCUT2D eigenvalue weighted by Gasteiger charge is 2.23. The fourth-order valence-electron chi connectivity index (χ4n) is 2.47. The number of anilines is 1. The van der Waals surface area contributed by atoms with Crippen molar-refractivity contribution < 1.29 is 4.39 Å². The highest BCUT2D eigenvalue weighted by atomic mass is 19.1. The molecule has 1 N–H and O–H groups in total. The predicted molar refractivity (Wildman–Crippen MR) is 85.8 cm³/mol. The van der Waals surface area contributed by atoms with Gasteiger partial charge in [0.05, 0.1) is 6.07 Å². The van der Waals surface area contributed by atoms with Gasteiger partial charge in [0.2, 0.25) is 0 Å². The molecule has 0 fully saturated rings. The van der Waals surface area contributed by atoms with Gasteiger partial charge in [0.25, 0.3) is 0 Å². The molecule has 0 aliphatic rings. The summed E-state index contributed by atoms with van der Waals surface area (Å²) in [5.74, 6) is -0.211. The van der Waals surface area contributed by atoms with Crippen LogP contribution in [0.15, 0.2) is 24.3 Å². The molecule has 4 heteroatoms. The van der Waals surface area contributed by atoms with Gasteiger partial charge < -0.3 is 4.90 Å². The van der Waals surface area contributed by atoms with Crippen LogP contribution in [0.3, 0.4) is 0 Å². The Labute approximate surface area is 127 Å². The molecule has 0 aliphatic heterocycles. The molecular weight excluding hydrogens is 265 g/mol. The first-order valence-electron chi connectivity index (χ1n) is 7.52. The summed E-state index contributed by atoms with van der Waals surface area (Å²) in [5, 5.41) is 12.6. The number of hydrogen-bond acceptors (Lipinski definition) is 3. The largest absolute Gasteiger partial charge is 0.375 e. The fraction of sp³-hybridized carbons (Fsp3) is 0.588. The van der Waals surface area contributed by atoms with E-state index in [0.717, 1.165) is 31.5 Å². The molecule has 0 radical (unpaired) electrons. The molecule has 1 rings (SSSR count). The molecule has 0 heterocycles. The molecule has 0 saturated carbocycles. The van der Waals surface area contributed by atoms with Gasteiger partial charge >= 0.3 is 0 Å². The first kappa shape index (κ1) is 17.5. The lowest BCUT2D eigenvalue weighted by molar-refractivity contribution is 0.370. The average Bonchev–Trinajstić information content (AvgIpc) is 2.42. The Kier molecular flexibility index (Phi) is 6.64. The fourth-order valence-corrected chi connectivity index (χ4v) is 2.47. The zero-order valence-electron chi connectivity index (χ0n) is 13.5. The van der Waals surface area contributed by atoms with E-state index in [9.17, 15) is 9.65 Å². The normalized spacial score (nSPS) is 13.8. The molecular formula is C17H26FN3. The second kappa shape index (κ2) is 7.99. The van der Waals surface area contributed by atoms with Crippen LogP contribution in [-0.4, -0.2) is 25.2 Å². The summed E-state index contributed by atoms with van der Waals surface area (Å²) in [4.78, 5) is 2.04. The number of hydrogen-bond donors (Lipinski definition) is 1. The van der Waals surface area contributed by atoms with Crippen LogP contribution < -0.4 is 10.2 Å². The summed E-state index contributed by atoms with van der Waals surface area (Å²) in [6.07, 6.45) is 2.76. The van der Waals surface area contributed by atoms with E-state index in [-0.39, 0.29) is 5.82 Å². The number of unbranched alkanes of at least 4 members (excludes halogenated alkanes) is 1. The van der Waals surface area contributed by atoms with Crippen LogP contribution in [0, 0.1) is 17.1 Å². The number of nitrogens with zero attached hydrogens (tertiary/aromatic N) is 2. The summed E-state index contributed by atoms with van der Waals surface area (Å²) in [7, 11) is 1.96. The van der Waals surface area contributed by atoms with Crippen molar-refractivity contribution >= 4 is 5.69 Å². The summed E-state index contributed by atoms with van der Waals surface area (Å²) >= 11 is 0. The molecule has 0 saturated heterocycles. The Balaban J connectivity index is 2.38. The zero-order chi connectivity index (χ0) is 15.9. The molecule has 21 heavy (non-hydrogen) atoms. The summed E-state index contributed by atoms with van der Waals surface area (Å²) in [6.45, 7) is 6.90. The third-order valence-electron chi connectivity index (χ3n) is 3.52. The quantitative estimate of drug-likeness (QED) is 0.742. The monoisotopic (exact) mass is 291 g/mol. The highest BCUT2D eigenvalue weighted by molar-refractivity contribution is 5.45. The van der Waals surface area contributed by atoms with Crippen molar-refractivity contribution in [3.05, 3.63) is 30.1 Å². The Morgan fingerprint density at radius 2 is 2.10 bits per heavy atom. The van der Waals surface area contributed by atoms with E-state index in [1.165, 1.54) is 6.07 Å². The number of rotatable bonds is 8. The average molecular weight is 291 g/mol. The van der Waals surface area contributed by atoms with Gasteiger partial charge in [-0.2, -0.15) is 5.26 Å². The van der Waals surface area contributed by atoms with E-state index in [1.807, 2.05) is 38.8 Å². The maximum Gasteiger partial charge on any atom is 0.125 e. The molecule has 3 nitrogen and oxygen atoms in total. The smallest absolute Gasteiger partial charge is 0.125 e. The lowest BCUT2D eigenvalue weighted by Gasteiger charge is -2.26.